The third-order valence-electron chi connectivity index (χ3n) is 2.81. The molecule has 1 aliphatic heterocycles. The highest BCUT2D eigenvalue weighted by Crippen LogP contribution is 2.20. The van der Waals surface area contributed by atoms with Gasteiger partial charge in [-0.15, -0.1) is 0 Å². The maximum atomic E-state index is 11.4. The Morgan fingerprint density at radius 2 is 2.47 bits per heavy atom. The molecule has 0 aromatic carbocycles. The first-order chi connectivity index (χ1) is 7.22. The normalized spacial score (nSPS) is 17.2. The molecule has 2 N–H and O–H groups in total. The Morgan fingerprint density at radius 3 is 3.20 bits per heavy atom. The number of imidazole rings is 1. The van der Waals surface area contributed by atoms with Crippen LogP contribution >= 0.6 is 0 Å². The van der Waals surface area contributed by atoms with Crippen LogP contribution in [0.3, 0.4) is 0 Å². The van der Waals surface area contributed by atoms with Crippen LogP contribution in [0.15, 0.2) is 6.33 Å². The molecule has 5 nitrogen and oxygen atoms in total. The fraction of sp³-hybridized carbons (Fsp3) is 0.600. The van der Waals surface area contributed by atoms with E-state index in [-0.39, 0.29) is 5.91 Å². The van der Waals surface area contributed by atoms with Crippen molar-refractivity contribution in [2.75, 3.05) is 18.1 Å². The summed E-state index contributed by atoms with van der Waals surface area (Å²) >= 11 is 0. The number of aromatic nitrogens is 2. The van der Waals surface area contributed by atoms with Crippen molar-refractivity contribution in [1.29, 1.82) is 0 Å². The van der Waals surface area contributed by atoms with E-state index in [0.717, 1.165) is 18.8 Å². The van der Waals surface area contributed by atoms with Crippen molar-refractivity contribution in [2.45, 2.75) is 20.3 Å². The second-order valence-electron chi connectivity index (χ2n) is 4.00. The predicted octanol–water partition coefficient (Wildman–Crippen LogP) is 0.963. The fourth-order valence-electron chi connectivity index (χ4n) is 1.68. The average Bonchev–Trinajstić information content (AvgIpc) is 2.71. The summed E-state index contributed by atoms with van der Waals surface area (Å²) in [7, 11) is 0. The molecule has 0 saturated heterocycles. The number of amides is 1. The molecular formula is C10H16N4O. The highest BCUT2D eigenvalue weighted by molar-refractivity contribution is 5.98. The first-order valence-electron chi connectivity index (χ1n) is 5.29. The van der Waals surface area contributed by atoms with E-state index < -0.39 is 0 Å². The van der Waals surface area contributed by atoms with E-state index in [4.69, 9.17) is 0 Å². The van der Waals surface area contributed by atoms with Gasteiger partial charge in [-0.2, -0.15) is 0 Å². The second kappa shape index (κ2) is 3.92. The van der Waals surface area contributed by atoms with E-state index in [1.54, 1.807) is 6.33 Å². The minimum atomic E-state index is -0.0668. The van der Waals surface area contributed by atoms with Crippen molar-refractivity contribution in [3.8, 4) is 0 Å². The molecule has 1 aromatic heterocycles. The van der Waals surface area contributed by atoms with Crippen molar-refractivity contribution in [2.24, 2.45) is 5.92 Å². The number of H-pyrrole nitrogens is 1. The molecule has 82 valence electrons. The summed E-state index contributed by atoms with van der Waals surface area (Å²) in [6.45, 7) is 5.84. The molecule has 0 spiro atoms. The zero-order chi connectivity index (χ0) is 10.8. The Balaban J connectivity index is 2.17. The number of fused-ring (bicyclic) bond motifs is 1. The quantitative estimate of drug-likeness (QED) is 0.778. The highest BCUT2D eigenvalue weighted by Gasteiger charge is 2.25. The summed E-state index contributed by atoms with van der Waals surface area (Å²) in [5, 5.41) is 2.82. The van der Waals surface area contributed by atoms with Crippen molar-refractivity contribution >= 4 is 11.7 Å². The molecule has 0 fully saturated rings. The summed E-state index contributed by atoms with van der Waals surface area (Å²) in [4.78, 5) is 20.6. The number of hydrogen-bond donors (Lipinski definition) is 2. The van der Waals surface area contributed by atoms with Crippen LogP contribution in [0.25, 0.3) is 0 Å². The van der Waals surface area contributed by atoms with Gasteiger partial charge in [-0.05, 0) is 5.92 Å². The first kappa shape index (κ1) is 10.0. The summed E-state index contributed by atoms with van der Waals surface area (Å²) in [5.41, 5.74) is 0.574. The van der Waals surface area contributed by atoms with E-state index >= 15 is 0 Å². The van der Waals surface area contributed by atoms with Crippen LogP contribution in [0, 0.1) is 5.92 Å². The summed E-state index contributed by atoms with van der Waals surface area (Å²) in [6, 6.07) is 0. The Hall–Kier alpha value is -1.52. The van der Waals surface area contributed by atoms with Gasteiger partial charge in [-0.3, -0.25) is 4.79 Å². The van der Waals surface area contributed by atoms with Gasteiger partial charge < -0.3 is 15.2 Å². The highest BCUT2D eigenvalue weighted by atomic mass is 16.2. The number of anilines is 1. The zero-order valence-electron chi connectivity index (χ0n) is 9.08. The lowest BCUT2D eigenvalue weighted by Crippen LogP contribution is -2.45. The number of hydrogen-bond acceptors (Lipinski definition) is 3. The summed E-state index contributed by atoms with van der Waals surface area (Å²) < 4.78 is 0. The Bertz CT molecular complexity index is 360. The van der Waals surface area contributed by atoms with Crippen LogP contribution in [0.4, 0.5) is 5.82 Å². The Labute approximate surface area is 88.9 Å². The maximum Gasteiger partial charge on any atom is 0.272 e. The third kappa shape index (κ3) is 1.82. The lowest BCUT2D eigenvalue weighted by Gasteiger charge is -2.29. The lowest BCUT2D eigenvalue weighted by atomic mass is 10.1. The van der Waals surface area contributed by atoms with Crippen LogP contribution in [-0.2, 0) is 0 Å². The van der Waals surface area contributed by atoms with Gasteiger partial charge in [0, 0.05) is 6.54 Å². The lowest BCUT2D eigenvalue weighted by molar-refractivity contribution is 0.0942. The molecule has 1 aliphatic rings. The van der Waals surface area contributed by atoms with E-state index in [2.05, 4.69) is 34.0 Å². The average molecular weight is 208 g/mol. The van der Waals surface area contributed by atoms with Crippen LogP contribution in [0.5, 0.6) is 0 Å². The van der Waals surface area contributed by atoms with E-state index in [1.807, 2.05) is 0 Å². The number of carbonyl (C=O) groups excluding carboxylic acids is 1. The zero-order valence-corrected chi connectivity index (χ0v) is 9.08. The molecule has 5 heteroatoms. The van der Waals surface area contributed by atoms with E-state index in [1.165, 1.54) is 0 Å². The molecule has 0 radical (unpaired) electrons. The summed E-state index contributed by atoms with van der Waals surface area (Å²) in [5.74, 6) is 1.31. The second-order valence-corrected chi connectivity index (χ2v) is 4.00. The topological polar surface area (TPSA) is 61.0 Å². The Kier molecular flexibility index (Phi) is 2.62. The molecular weight excluding hydrogens is 192 g/mol. The number of carbonyl (C=O) groups is 1. The molecule has 1 atom stereocenters. The van der Waals surface area contributed by atoms with Crippen molar-refractivity contribution in [3.63, 3.8) is 0 Å². The van der Waals surface area contributed by atoms with E-state index in [9.17, 15) is 4.79 Å². The molecule has 15 heavy (non-hydrogen) atoms. The molecule has 2 heterocycles. The van der Waals surface area contributed by atoms with Crippen molar-refractivity contribution < 1.29 is 4.79 Å². The number of rotatable bonds is 3. The molecule has 1 amide bonds. The van der Waals surface area contributed by atoms with Crippen LogP contribution in [0.1, 0.15) is 30.8 Å². The Morgan fingerprint density at radius 1 is 1.67 bits per heavy atom. The minimum Gasteiger partial charge on any atom is -0.339 e. The molecule has 2 rings (SSSR count). The standard InChI is InChI=1S/C10H16N4O/c1-3-7(2)4-14-6-13-10(15)8-9(14)12-5-11-8/h5,7H,3-4,6H2,1-2H3,(H,11,12)(H,13,15). The van der Waals surface area contributed by atoms with Crippen molar-refractivity contribution in [3.05, 3.63) is 12.0 Å². The molecule has 0 bridgehead atoms. The fourth-order valence-corrected chi connectivity index (χ4v) is 1.68. The maximum absolute atomic E-state index is 11.4. The van der Waals surface area contributed by atoms with Crippen molar-refractivity contribution in [1.82, 2.24) is 15.3 Å². The van der Waals surface area contributed by atoms with E-state index in [0.29, 0.717) is 18.3 Å². The van der Waals surface area contributed by atoms with Crippen LogP contribution in [-0.4, -0.2) is 29.1 Å². The predicted molar refractivity (Wildman–Crippen MR) is 57.7 cm³/mol. The van der Waals surface area contributed by atoms with Gasteiger partial charge in [-0.25, -0.2) is 4.98 Å². The van der Waals surface area contributed by atoms with Gasteiger partial charge in [0.2, 0.25) is 0 Å². The van der Waals surface area contributed by atoms with Gasteiger partial charge in [0.15, 0.2) is 5.82 Å². The van der Waals surface area contributed by atoms with Gasteiger partial charge >= 0.3 is 0 Å². The molecule has 0 aliphatic carbocycles. The van der Waals surface area contributed by atoms with Gasteiger partial charge in [0.05, 0.1) is 13.0 Å². The smallest absolute Gasteiger partial charge is 0.272 e. The molecule has 1 unspecified atom stereocenters. The monoisotopic (exact) mass is 208 g/mol. The number of nitrogens with zero attached hydrogens (tertiary/aromatic N) is 2. The number of nitrogens with one attached hydrogen (secondary N) is 2. The SMILES string of the molecule is CCC(C)CN1CNC(=O)c2[nH]cnc21. The first-order valence-corrected chi connectivity index (χ1v) is 5.29. The largest absolute Gasteiger partial charge is 0.339 e. The number of aromatic amines is 1. The molecule has 1 aromatic rings. The van der Waals surface area contributed by atoms with Gasteiger partial charge in [-0.1, -0.05) is 20.3 Å². The van der Waals surface area contributed by atoms with Gasteiger partial charge in [0.25, 0.3) is 5.91 Å². The minimum absolute atomic E-state index is 0.0668. The third-order valence-corrected chi connectivity index (χ3v) is 2.81. The summed E-state index contributed by atoms with van der Waals surface area (Å²) in [6.07, 6.45) is 2.70. The van der Waals surface area contributed by atoms with Gasteiger partial charge in [0.1, 0.15) is 5.69 Å². The molecule has 0 saturated carbocycles. The van der Waals surface area contributed by atoms with Crippen LogP contribution in [0.2, 0.25) is 0 Å². The van der Waals surface area contributed by atoms with Crippen LogP contribution < -0.4 is 10.2 Å².